The monoisotopic (exact) mass is 304 g/mol. The molecule has 0 radical (unpaired) electrons. The summed E-state index contributed by atoms with van der Waals surface area (Å²) in [5.41, 5.74) is -0.936. The minimum atomic E-state index is -4.37. The van der Waals surface area contributed by atoms with Gasteiger partial charge in [-0.15, -0.1) is 0 Å². The molecule has 0 aliphatic rings. The highest BCUT2D eigenvalue weighted by atomic mass is 19.4. The molecule has 1 N–H and O–H groups in total. The van der Waals surface area contributed by atoms with Crippen molar-refractivity contribution in [3.63, 3.8) is 0 Å². The number of hydrogen-bond donors (Lipinski definition) is 1. The lowest BCUT2D eigenvalue weighted by atomic mass is 9.86. The molecule has 0 fully saturated rings. The molecule has 0 bridgehead atoms. The van der Waals surface area contributed by atoms with E-state index >= 15 is 0 Å². The van der Waals surface area contributed by atoms with E-state index in [-0.39, 0.29) is 6.42 Å². The van der Waals surface area contributed by atoms with E-state index in [0.29, 0.717) is 25.0 Å². The smallest absolute Gasteiger partial charge is 0.390 e. The average molecular weight is 304 g/mol. The Balaban J connectivity index is 2.94. The van der Waals surface area contributed by atoms with Crippen molar-refractivity contribution < 1.29 is 23.0 Å². The van der Waals surface area contributed by atoms with E-state index in [1.54, 1.807) is 6.07 Å². The molecule has 120 valence electrons. The number of rotatable bonds is 7. The van der Waals surface area contributed by atoms with Crippen LogP contribution in [0.25, 0.3) is 0 Å². The lowest BCUT2D eigenvalue weighted by Crippen LogP contribution is -2.45. The van der Waals surface area contributed by atoms with Gasteiger partial charge in [-0.05, 0) is 31.4 Å². The van der Waals surface area contributed by atoms with E-state index < -0.39 is 23.4 Å². The van der Waals surface area contributed by atoms with Crippen molar-refractivity contribution in [3.05, 3.63) is 35.4 Å². The van der Waals surface area contributed by atoms with Gasteiger partial charge in [-0.1, -0.05) is 32.0 Å². The maximum atomic E-state index is 12.7. The summed E-state index contributed by atoms with van der Waals surface area (Å²) in [5, 5.41) is 10.4. The quantitative estimate of drug-likeness (QED) is 0.818. The molecule has 0 spiro atoms. The van der Waals surface area contributed by atoms with Crippen LogP contribution in [-0.4, -0.2) is 23.4 Å². The summed E-state index contributed by atoms with van der Waals surface area (Å²) in [6.07, 6.45) is -3.84. The molecule has 1 aromatic rings. The zero-order valence-corrected chi connectivity index (χ0v) is 12.7. The summed E-state index contributed by atoms with van der Waals surface area (Å²) in [6.45, 7) is 6.13. The summed E-state index contributed by atoms with van der Waals surface area (Å²) in [5.74, 6) is 0. The number of aliphatic hydroxyl groups excluding tert-OH is 1. The van der Waals surface area contributed by atoms with Gasteiger partial charge in [0.1, 0.15) is 0 Å². The van der Waals surface area contributed by atoms with Gasteiger partial charge in [0.15, 0.2) is 0 Å². The molecule has 0 aliphatic carbocycles. The highest BCUT2D eigenvalue weighted by Crippen LogP contribution is 2.31. The first-order valence-corrected chi connectivity index (χ1v) is 7.27. The first kappa shape index (κ1) is 18.0. The van der Waals surface area contributed by atoms with E-state index in [1.807, 2.05) is 20.8 Å². The molecular formula is C16H23F3O2. The molecule has 1 rings (SSSR count). The zero-order chi connectivity index (χ0) is 16.1. The minimum Gasteiger partial charge on any atom is -0.390 e. The fourth-order valence-electron chi connectivity index (χ4n) is 2.59. The van der Waals surface area contributed by atoms with Crippen LogP contribution in [0.3, 0.4) is 0 Å². The van der Waals surface area contributed by atoms with Gasteiger partial charge in [0.2, 0.25) is 0 Å². The van der Waals surface area contributed by atoms with Gasteiger partial charge >= 0.3 is 6.18 Å². The molecule has 0 aromatic heterocycles. The van der Waals surface area contributed by atoms with Crippen LogP contribution in [0.5, 0.6) is 0 Å². The second-order valence-electron chi connectivity index (χ2n) is 5.12. The van der Waals surface area contributed by atoms with Gasteiger partial charge < -0.3 is 9.84 Å². The van der Waals surface area contributed by atoms with Crippen molar-refractivity contribution in [2.45, 2.75) is 57.9 Å². The number of hydrogen-bond acceptors (Lipinski definition) is 2. The number of halogens is 3. The molecule has 1 aromatic carbocycles. The molecule has 0 aliphatic heterocycles. The van der Waals surface area contributed by atoms with Crippen molar-refractivity contribution in [3.8, 4) is 0 Å². The van der Waals surface area contributed by atoms with Crippen molar-refractivity contribution >= 4 is 0 Å². The van der Waals surface area contributed by atoms with E-state index in [1.165, 1.54) is 6.07 Å². The van der Waals surface area contributed by atoms with Gasteiger partial charge in [-0.3, -0.25) is 0 Å². The van der Waals surface area contributed by atoms with Crippen LogP contribution >= 0.6 is 0 Å². The van der Waals surface area contributed by atoms with Crippen LogP contribution in [0.2, 0.25) is 0 Å². The fourth-order valence-corrected chi connectivity index (χ4v) is 2.59. The Kier molecular flexibility index (Phi) is 6.23. The molecule has 0 heterocycles. The molecule has 0 amide bonds. The SMILES string of the molecule is CCOC(CC)(CC)C(O)Cc1cccc(C(F)(F)F)c1. The summed E-state index contributed by atoms with van der Waals surface area (Å²) >= 11 is 0. The van der Waals surface area contributed by atoms with Gasteiger partial charge in [-0.25, -0.2) is 0 Å². The van der Waals surface area contributed by atoms with Gasteiger partial charge in [0.25, 0.3) is 0 Å². The lowest BCUT2D eigenvalue weighted by Gasteiger charge is -2.36. The lowest BCUT2D eigenvalue weighted by molar-refractivity contribution is -0.137. The average Bonchev–Trinajstić information content (AvgIpc) is 2.44. The van der Waals surface area contributed by atoms with Crippen LogP contribution in [0.4, 0.5) is 13.2 Å². The highest BCUT2D eigenvalue weighted by Gasteiger charge is 2.36. The number of aliphatic hydroxyl groups is 1. The highest BCUT2D eigenvalue weighted by molar-refractivity contribution is 5.26. The van der Waals surface area contributed by atoms with Crippen molar-refractivity contribution in [1.29, 1.82) is 0 Å². The Morgan fingerprint density at radius 3 is 2.24 bits per heavy atom. The number of ether oxygens (including phenoxy) is 1. The fraction of sp³-hybridized carbons (Fsp3) is 0.625. The first-order chi connectivity index (χ1) is 9.79. The summed E-state index contributed by atoms with van der Waals surface area (Å²) < 4.78 is 43.8. The summed E-state index contributed by atoms with van der Waals surface area (Å²) in [7, 11) is 0. The topological polar surface area (TPSA) is 29.5 Å². The van der Waals surface area contributed by atoms with E-state index in [4.69, 9.17) is 4.74 Å². The molecule has 0 saturated carbocycles. The number of alkyl halides is 3. The van der Waals surface area contributed by atoms with Crippen LogP contribution < -0.4 is 0 Å². The normalized spacial score (nSPS) is 14.2. The molecule has 2 nitrogen and oxygen atoms in total. The third-order valence-corrected chi connectivity index (χ3v) is 3.92. The van der Waals surface area contributed by atoms with E-state index in [0.717, 1.165) is 12.1 Å². The standard InChI is InChI=1S/C16H23F3O2/c1-4-15(5-2,21-6-3)14(20)11-12-8-7-9-13(10-12)16(17,18)19/h7-10,14,20H,4-6,11H2,1-3H3. The Labute approximate surface area is 123 Å². The molecule has 1 atom stereocenters. The van der Waals surface area contributed by atoms with Gasteiger partial charge in [-0.2, -0.15) is 13.2 Å². The molecule has 1 unspecified atom stereocenters. The Morgan fingerprint density at radius 1 is 1.14 bits per heavy atom. The van der Waals surface area contributed by atoms with Crippen LogP contribution in [0, 0.1) is 0 Å². The van der Waals surface area contributed by atoms with Gasteiger partial charge in [0.05, 0.1) is 17.3 Å². The predicted molar refractivity (Wildman–Crippen MR) is 76.1 cm³/mol. The second-order valence-corrected chi connectivity index (χ2v) is 5.12. The molecular weight excluding hydrogens is 281 g/mol. The number of benzene rings is 1. The van der Waals surface area contributed by atoms with E-state index in [9.17, 15) is 18.3 Å². The maximum Gasteiger partial charge on any atom is 0.416 e. The predicted octanol–water partition coefficient (Wildman–Crippen LogP) is 4.20. The molecule has 21 heavy (non-hydrogen) atoms. The van der Waals surface area contributed by atoms with E-state index in [2.05, 4.69) is 0 Å². The first-order valence-electron chi connectivity index (χ1n) is 7.27. The van der Waals surface area contributed by atoms with Crippen molar-refractivity contribution in [2.24, 2.45) is 0 Å². The third kappa shape index (κ3) is 4.45. The summed E-state index contributed by atoms with van der Waals surface area (Å²) in [4.78, 5) is 0. The van der Waals surface area contributed by atoms with Crippen molar-refractivity contribution in [1.82, 2.24) is 0 Å². The Morgan fingerprint density at radius 2 is 1.76 bits per heavy atom. The molecule has 0 saturated heterocycles. The Bertz CT molecular complexity index is 439. The van der Waals surface area contributed by atoms with Crippen LogP contribution in [0.15, 0.2) is 24.3 Å². The Hall–Kier alpha value is -1.07. The summed E-state index contributed by atoms with van der Waals surface area (Å²) in [6, 6.07) is 5.09. The largest absolute Gasteiger partial charge is 0.416 e. The third-order valence-electron chi connectivity index (χ3n) is 3.92. The van der Waals surface area contributed by atoms with Gasteiger partial charge in [0, 0.05) is 13.0 Å². The maximum absolute atomic E-state index is 12.7. The van der Waals surface area contributed by atoms with Crippen LogP contribution in [-0.2, 0) is 17.3 Å². The zero-order valence-electron chi connectivity index (χ0n) is 12.7. The van der Waals surface area contributed by atoms with Crippen molar-refractivity contribution in [2.75, 3.05) is 6.61 Å². The van der Waals surface area contributed by atoms with Crippen LogP contribution in [0.1, 0.15) is 44.7 Å². The second kappa shape index (κ2) is 7.27. The molecule has 5 heteroatoms. The minimum absolute atomic E-state index is 0.144.